The van der Waals surface area contributed by atoms with Gasteiger partial charge in [-0.1, -0.05) is 50.2 Å². The van der Waals surface area contributed by atoms with Gasteiger partial charge in [-0.3, -0.25) is 0 Å². The summed E-state index contributed by atoms with van der Waals surface area (Å²) in [5, 5.41) is 7.15. The van der Waals surface area contributed by atoms with E-state index in [0.29, 0.717) is 16.6 Å². The summed E-state index contributed by atoms with van der Waals surface area (Å²) in [7, 11) is 1.38. The fourth-order valence-electron chi connectivity index (χ4n) is 2.85. The summed E-state index contributed by atoms with van der Waals surface area (Å²) in [6.45, 7) is 6.26. The lowest BCUT2D eigenvalue weighted by atomic mass is 9.97. The zero-order chi connectivity index (χ0) is 19.1. The maximum Gasteiger partial charge on any atom is 0.338 e. The van der Waals surface area contributed by atoms with Crippen molar-refractivity contribution >= 4 is 29.0 Å². The highest BCUT2D eigenvalue weighted by molar-refractivity contribution is 7.80. The molecule has 0 aliphatic carbocycles. The molecule has 0 unspecified atom stereocenters. The topological polar surface area (TPSA) is 50.4 Å². The van der Waals surface area contributed by atoms with Gasteiger partial charge in [-0.05, 0) is 54.7 Å². The van der Waals surface area contributed by atoms with Crippen molar-refractivity contribution in [3.63, 3.8) is 0 Å². The smallest absolute Gasteiger partial charge is 0.338 e. The molecular weight excluding hydrogens is 344 g/mol. The predicted octanol–water partition coefficient (Wildman–Crippen LogP) is 4.86. The number of hydrogen-bond donors (Lipinski definition) is 2. The van der Waals surface area contributed by atoms with Crippen LogP contribution in [0.3, 0.4) is 0 Å². The van der Waals surface area contributed by atoms with Gasteiger partial charge in [0.15, 0.2) is 5.11 Å². The molecule has 0 fully saturated rings. The van der Waals surface area contributed by atoms with Crippen LogP contribution in [0.15, 0.2) is 48.5 Å². The third-order valence-corrected chi connectivity index (χ3v) is 4.42. The van der Waals surface area contributed by atoms with E-state index in [0.717, 1.165) is 17.7 Å². The van der Waals surface area contributed by atoms with E-state index in [1.54, 1.807) is 6.07 Å². The first-order valence-electron chi connectivity index (χ1n) is 8.72. The first-order chi connectivity index (χ1) is 12.4. The molecule has 4 nitrogen and oxygen atoms in total. The largest absolute Gasteiger partial charge is 0.465 e. The van der Waals surface area contributed by atoms with Crippen molar-refractivity contribution in [2.24, 2.45) is 5.92 Å². The molecule has 0 radical (unpaired) electrons. The lowest BCUT2D eigenvalue weighted by molar-refractivity contribution is 0.0600. The third-order valence-electron chi connectivity index (χ3n) is 4.20. The molecule has 2 aromatic carbocycles. The van der Waals surface area contributed by atoms with E-state index in [2.05, 4.69) is 36.6 Å². The van der Waals surface area contributed by atoms with Crippen molar-refractivity contribution in [3.05, 3.63) is 65.2 Å². The van der Waals surface area contributed by atoms with Gasteiger partial charge >= 0.3 is 5.97 Å². The molecule has 138 valence electrons. The van der Waals surface area contributed by atoms with Crippen LogP contribution < -0.4 is 10.6 Å². The summed E-state index contributed by atoms with van der Waals surface area (Å²) in [6.07, 6.45) is 0.965. The SMILES string of the molecule is COC(=O)c1cccc(NC(=S)N[C@@H](CC(C)C)c2ccccc2)c1C. The molecule has 0 aliphatic heterocycles. The molecule has 0 amide bonds. The van der Waals surface area contributed by atoms with Gasteiger partial charge in [0.05, 0.1) is 18.7 Å². The molecule has 0 aliphatic rings. The zero-order valence-corrected chi connectivity index (χ0v) is 16.5. The van der Waals surface area contributed by atoms with E-state index in [1.165, 1.54) is 12.7 Å². The fourth-order valence-corrected chi connectivity index (χ4v) is 3.11. The van der Waals surface area contributed by atoms with Crippen LogP contribution in [0.1, 0.15) is 47.8 Å². The standard InChI is InChI=1S/C21H26N2O2S/c1-14(2)13-19(16-9-6-5-7-10-16)23-21(26)22-18-12-8-11-17(15(18)3)20(24)25-4/h5-12,14,19H,13H2,1-4H3,(H2,22,23,26)/t19-/m0/s1. The van der Waals surface area contributed by atoms with Crippen LogP contribution in [0.5, 0.6) is 0 Å². The number of thiocarbonyl (C=S) groups is 1. The monoisotopic (exact) mass is 370 g/mol. The summed E-state index contributed by atoms with van der Waals surface area (Å²) >= 11 is 5.52. The second-order valence-electron chi connectivity index (χ2n) is 6.66. The maximum atomic E-state index is 11.9. The molecular formula is C21H26N2O2S. The van der Waals surface area contributed by atoms with Crippen LogP contribution in [0, 0.1) is 12.8 Å². The summed E-state index contributed by atoms with van der Waals surface area (Å²) in [4.78, 5) is 11.9. The molecule has 0 bridgehead atoms. The Hall–Kier alpha value is -2.40. The lowest BCUT2D eigenvalue weighted by Crippen LogP contribution is -2.33. The molecule has 0 saturated heterocycles. The summed E-state index contributed by atoms with van der Waals surface area (Å²) in [6, 6.07) is 15.9. The number of ether oxygens (including phenoxy) is 1. The third kappa shape index (κ3) is 5.30. The van der Waals surface area contributed by atoms with E-state index in [9.17, 15) is 4.79 Å². The Morgan fingerprint density at radius 1 is 1.12 bits per heavy atom. The highest BCUT2D eigenvalue weighted by Crippen LogP contribution is 2.23. The first kappa shape index (κ1) is 19.9. The Labute approximate surface area is 161 Å². The average molecular weight is 371 g/mol. The highest BCUT2D eigenvalue weighted by atomic mass is 32.1. The van der Waals surface area contributed by atoms with E-state index in [-0.39, 0.29) is 12.0 Å². The van der Waals surface area contributed by atoms with Gasteiger partial charge in [0.1, 0.15) is 0 Å². The number of anilines is 1. The summed E-state index contributed by atoms with van der Waals surface area (Å²) in [5.41, 5.74) is 3.33. The average Bonchev–Trinajstić information content (AvgIpc) is 2.62. The van der Waals surface area contributed by atoms with Gasteiger partial charge in [-0.2, -0.15) is 0 Å². The molecule has 0 aromatic heterocycles. The van der Waals surface area contributed by atoms with Gasteiger partial charge in [-0.15, -0.1) is 0 Å². The van der Waals surface area contributed by atoms with Crippen LogP contribution in [0.25, 0.3) is 0 Å². The normalized spacial score (nSPS) is 11.7. The number of methoxy groups -OCH3 is 1. The van der Waals surface area contributed by atoms with E-state index < -0.39 is 0 Å². The van der Waals surface area contributed by atoms with Crippen molar-refractivity contribution in [2.75, 3.05) is 12.4 Å². The Morgan fingerprint density at radius 2 is 1.81 bits per heavy atom. The molecule has 1 atom stereocenters. The Morgan fingerprint density at radius 3 is 2.42 bits per heavy atom. The van der Waals surface area contributed by atoms with Crippen LogP contribution in [-0.4, -0.2) is 18.2 Å². The van der Waals surface area contributed by atoms with Crippen LogP contribution in [0.2, 0.25) is 0 Å². The van der Waals surface area contributed by atoms with Crippen molar-refractivity contribution < 1.29 is 9.53 Å². The number of carbonyl (C=O) groups excluding carboxylic acids is 1. The number of nitrogens with one attached hydrogen (secondary N) is 2. The lowest BCUT2D eigenvalue weighted by Gasteiger charge is -2.23. The zero-order valence-electron chi connectivity index (χ0n) is 15.7. The van der Waals surface area contributed by atoms with Gasteiger partial charge in [-0.25, -0.2) is 4.79 Å². The minimum absolute atomic E-state index is 0.125. The fraction of sp³-hybridized carbons (Fsp3) is 0.333. The molecule has 2 N–H and O–H groups in total. The molecule has 26 heavy (non-hydrogen) atoms. The van der Waals surface area contributed by atoms with Gasteiger partial charge in [0.25, 0.3) is 0 Å². The first-order valence-corrected chi connectivity index (χ1v) is 9.13. The number of hydrogen-bond acceptors (Lipinski definition) is 3. The van der Waals surface area contributed by atoms with E-state index in [4.69, 9.17) is 17.0 Å². The van der Waals surface area contributed by atoms with E-state index >= 15 is 0 Å². The van der Waals surface area contributed by atoms with Crippen molar-refractivity contribution in [1.29, 1.82) is 0 Å². The van der Waals surface area contributed by atoms with Crippen LogP contribution >= 0.6 is 12.2 Å². The minimum Gasteiger partial charge on any atom is -0.465 e. The maximum absolute atomic E-state index is 11.9. The second-order valence-corrected chi connectivity index (χ2v) is 7.07. The Kier molecular flexibility index (Phi) is 7.16. The molecule has 0 saturated carbocycles. The van der Waals surface area contributed by atoms with Gasteiger partial charge in [0, 0.05) is 5.69 Å². The van der Waals surface area contributed by atoms with Gasteiger partial charge in [0.2, 0.25) is 0 Å². The summed E-state index contributed by atoms with van der Waals surface area (Å²) < 4.78 is 4.83. The highest BCUT2D eigenvalue weighted by Gasteiger charge is 2.16. The number of rotatable bonds is 6. The Bertz CT molecular complexity index is 760. The van der Waals surface area contributed by atoms with Crippen LogP contribution in [-0.2, 0) is 4.74 Å². The van der Waals surface area contributed by atoms with E-state index in [1.807, 2.05) is 37.3 Å². The van der Waals surface area contributed by atoms with Crippen molar-refractivity contribution in [1.82, 2.24) is 5.32 Å². The van der Waals surface area contributed by atoms with Crippen molar-refractivity contribution in [2.45, 2.75) is 33.2 Å². The summed E-state index contributed by atoms with van der Waals surface area (Å²) in [5.74, 6) is 0.173. The Balaban J connectivity index is 2.15. The minimum atomic E-state index is -0.355. The predicted molar refractivity (Wildman–Crippen MR) is 111 cm³/mol. The molecule has 2 rings (SSSR count). The number of carbonyl (C=O) groups is 1. The number of esters is 1. The number of benzene rings is 2. The molecule has 0 spiro atoms. The van der Waals surface area contributed by atoms with Crippen molar-refractivity contribution in [3.8, 4) is 0 Å². The quantitative estimate of drug-likeness (QED) is 0.562. The molecule has 0 heterocycles. The van der Waals surface area contributed by atoms with Gasteiger partial charge < -0.3 is 15.4 Å². The second kappa shape index (κ2) is 9.34. The van der Waals surface area contributed by atoms with Crippen LogP contribution in [0.4, 0.5) is 5.69 Å². The molecule has 5 heteroatoms. The molecule has 2 aromatic rings.